The van der Waals surface area contributed by atoms with Gasteiger partial charge in [-0.1, -0.05) is 25.5 Å². The van der Waals surface area contributed by atoms with E-state index in [0.717, 1.165) is 29.7 Å². The summed E-state index contributed by atoms with van der Waals surface area (Å²) in [6, 6.07) is 5.18. The topological polar surface area (TPSA) is 89.6 Å². The molecule has 0 aliphatic carbocycles. The highest BCUT2D eigenvalue weighted by atomic mass is 35.5. The Morgan fingerprint density at radius 3 is 2.65 bits per heavy atom. The average Bonchev–Trinajstić information content (AvgIpc) is 2.44. The number of halogens is 1. The maximum absolute atomic E-state index is 11.9. The van der Waals surface area contributed by atoms with Gasteiger partial charge in [0.25, 0.3) is 0 Å². The Kier molecular flexibility index (Phi) is 7.32. The van der Waals surface area contributed by atoms with Crippen LogP contribution in [-0.2, 0) is 22.7 Å². The molecular formula is C16H26ClNO4S. The number of sulfone groups is 1. The van der Waals surface area contributed by atoms with Crippen molar-refractivity contribution in [1.29, 1.82) is 0 Å². The second-order valence-electron chi connectivity index (χ2n) is 6.09. The number of hydrogen-bond acceptors (Lipinski definition) is 5. The number of benzene rings is 1. The lowest BCUT2D eigenvalue weighted by Gasteiger charge is -2.32. The number of aliphatic hydroxyl groups is 1. The summed E-state index contributed by atoms with van der Waals surface area (Å²) in [5, 5.41) is 10.2. The van der Waals surface area contributed by atoms with Crippen LogP contribution in [0.25, 0.3) is 0 Å². The van der Waals surface area contributed by atoms with Crippen LogP contribution >= 0.6 is 12.4 Å². The Bertz CT molecular complexity index is 621. The fourth-order valence-electron chi connectivity index (χ4n) is 3.14. The van der Waals surface area contributed by atoms with Crippen molar-refractivity contribution in [1.82, 2.24) is 0 Å². The number of hydrogen-bond donors (Lipinski definition) is 2. The number of aryl methyl sites for hydroxylation is 1. The Labute approximate surface area is 144 Å². The van der Waals surface area contributed by atoms with E-state index in [4.69, 9.17) is 10.5 Å². The van der Waals surface area contributed by atoms with Gasteiger partial charge in [-0.25, -0.2) is 8.42 Å². The minimum Gasteiger partial charge on any atom is -0.496 e. The van der Waals surface area contributed by atoms with Crippen molar-refractivity contribution in [3.05, 3.63) is 29.3 Å². The lowest BCUT2D eigenvalue weighted by Crippen LogP contribution is -2.52. The van der Waals surface area contributed by atoms with Crippen LogP contribution in [0.3, 0.4) is 0 Å². The minimum absolute atomic E-state index is 0. The Hall–Kier alpha value is -0.820. The van der Waals surface area contributed by atoms with Gasteiger partial charge in [-0.2, -0.15) is 0 Å². The maximum Gasteiger partial charge on any atom is 0.152 e. The molecule has 0 saturated carbocycles. The lowest BCUT2D eigenvalue weighted by atomic mass is 9.90. The van der Waals surface area contributed by atoms with Crippen LogP contribution in [0, 0.1) is 5.92 Å². The van der Waals surface area contributed by atoms with Gasteiger partial charge in [0.2, 0.25) is 0 Å². The quantitative estimate of drug-likeness (QED) is 0.824. The predicted molar refractivity (Wildman–Crippen MR) is 94.1 cm³/mol. The van der Waals surface area contributed by atoms with E-state index in [1.54, 1.807) is 7.11 Å². The van der Waals surface area contributed by atoms with Gasteiger partial charge in [-0.3, -0.25) is 0 Å². The summed E-state index contributed by atoms with van der Waals surface area (Å²) in [7, 11) is -1.53. The average molecular weight is 364 g/mol. The van der Waals surface area contributed by atoms with Crippen molar-refractivity contribution in [2.45, 2.75) is 38.3 Å². The molecule has 1 heterocycles. The lowest BCUT2D eigenvalue weighted by molar-refractivity contribution is 0.0923. The van der Waals surface area contributed by atoms with Gasteiger partial charge in [-0.05, 0) is 30.0 Å². The summed E-state index contributed by atoms with van der Waals surface area (Å²) in [6.07, 6.45) is 1.64. The summed E-state index contributed by atoms with van der Waals surface area (Å²) in [4.78, 5) is 0. The molecule has 1 saturated heterocycles. The van der Waals surface area contributed by atoms with Crippen LogP contribution in [0.2, 0.25) is 0 Å². The standard InChI is InChI=1S/C16H25NO4S.ClH/c1-3-4-12-7-11(5-6-15(12)21-2)8-13-9-22(19,20)10-14(17)16(13)18;/h5-7,13-14,16,18H,3-4,8-10,17H2,1-2H3;1H/t13-,14+,16+;/m1./s1. The first-order valence-electron chi connectivity index (χ1n) is 7.66. The molecule has 1 aliphatic heterocycles. The van der Waals surface area contributed by atoms with E-state index in [1.165, 1.54) is 0 Å². The molecule has 0 radical (unpaired) electrons. The third-order valence-electron chi connectivity index (χ3n) is 4.20. The second kappa shape index (κ2) is 8.33. The SMILES string of the molecule is CCCc1cc(C[C@@H]2CS(=O)(=O)C[C@H](N)[C@H]2O)ccc1OC.Cl. The molecule has 132 valence electrons. The zero-order valence-electron chi connectivity index (χ0n) is 13.6. The van der Waals surface area contributed by atoms with Gasteiger partial charge < -0.3 is 15.6 Å². The number of ether oxygens (including phenoxy) is 1. The maximum atomic E-state index is 11.9. The molecule has 0 aromatic heterocycles. The summed E-state index contributed by atoms with van der Waals surface area (Å²) < 4.78 is 29.1. The van der Waals surface area contributed by atoms with E-state index in [-0.39, 0.29) is 29.8 Å². The van der Waals surface area contributed by atoms with Crippen molar-refractivity contribution in [2.24, 2.45) is 11.7 Å². The Morgan fingerprint density at radius 1 is 1.35 bits per heavy atom. The highest BCUT2D eigenvalue weighted by Gasteiger charge is 2.37. The molecular weight excluding hydrogens is 338 g/mol. The fraction of sp³-hybridized carbons (Fsp3) is 0.625. The molecule has 0 spiro atoms. The summed E-state index contributed by atoms with van der Waals surface area (Å²) in [6.45, 7) is 2.10. The van der Waals surface area contributed by atoms with E-state index >= 15 is 0 Å². The van der Waals surface area contributed by atoms with Crippen molar-refractivity contribution < 1.29 is 18.3 Å². The normalized spacial score (nSPS) is 26.3. The zero-order chi connectivity index (χ0) is 16.3. The molecule has 0 unspecified atom stereocenters. The molecule has 7 heteroatoms. The molecule has 1 aromatic rings. The summed E-state index contributed by atoms with van der Waals surface area (Å²) in [5.74, 6) is 0.362. The first kappa shape index (κ1) is 20.2. The molecule has 3 atom stereocenters. The van der Waals surface area contributed by atoms with E-state index in [0.29, 0.717) is 6.42 Å². The highest BCUT2D eigenvalue weighted by Crippen LogP contribution is 2.26. The van der Waals surface area contributed by atoms with Gasteiger partial charge in [-0.15, -0.1) is 12.4 Å². The smallest absolute Gasteiger partial charge is 0.152 e. The van der Waals surface area contributed by atoms with Crippen LogP contribution in [-0.4, -0.2) is 44.3 Å². The second-order valence-corrected chi connectivity index (χ2v) is 8.25. The number of nitrogens with two attached hydrogens (primary N) is 1. The van der Waals surface area contributed by atoms with Gasteiger partial charge in [0.05, 0.1) is 24.7 Å². The zero-order valence-corrected chi connectivity index (χ0v) is 15.2. The Balaban J connectivity index is 0.00000264. The summed E-state index contributed by atoms with van der Waals surface area (Å²) in [5.41, 5.74) is 7.89. The van der Waals surface area contributed by atoms with E-state index in [2.05, 4.69) is 6.92 Å². The van der Waals surface area contributed by atoms with E-state index < -0.39 is 22.0 Å². The van der Waals surface area contributed by atoms with E-state index in [9.17, 15) is 13.5 Å². The van der Waals surface area contributed by atoms with Crippen molar-refractivity contribution in [3.63, 3.8) is 0 Å². The molecule has 1 aromatic carbocycles. The van der Waals surface area contributed by atoms with Crippen LogP contribution < -0.4 is 10.5 Å². The molecule has 1 fully saturated rings. The number of methoxy groups -OCH3 is 1. The fourth-order valence-corrected chi connectivity index (χ4v) is 5.03. The molecule has 0 bridgehead atoms. The third kappa shape index (κ3) is 5.08. The first-order valence-corrected chi connectivity index (χ1v) is 9.48. The highest BCUT2D eigenvalue weighted by molar-refractivity contribution is 7.91. The predicted octanol–water partition coefficient (Wildman–Crippen LogP) is 1.34. The van der Waals surface area contributed by atoms with E-state index in [1.807, 2.05) is 18.2 Å². The van der Waals surface area contributed by atoms with Crippen molar-refractivity contribution in [2.75, 3.05) is 18.6 Å². The van der Waals surface area contributed by atoms with Crippen LogP contribution in [0.1, 0.15) is 24.5 Å². The van der Waals surface area contributed by atoms with Gasteiger partial charge in [0.15, 0.2) is 9.84 Å². The molecule has 3 N–H and O–H groups in total. The monoisotopic (exact) mass is 363 g/mol. The van der Waals surface area contributed by atoms with Crippen LogP contribution in [0.5, 0.6) is 5.75 Å². The van der Waals surface area contributed by atoms with Crippen LogP contribution in [0.4, 0.5) is 0 Å². The molecule has 2 rings (SSSR count). The molecule has 23 heavy (non-hydrogen) atoms. The summed E-state index contributed by atoms with van der Waals surface area (Å²) >= 11 is 0. The van der Waals surface area contributed by atoms with Crippen molar-refractivity contribution in [3.8, 4) is 5.75 Å². The molecule has 5 nitrogen and oxygen atoms in total. The molecule has 1 aliphatic rings. The van der Waals surface area contributed by atoms with Gasteiger partial charge in [0.1, 0.15) is 5.75 Å². The van der Waals surface area contributed by atoms with Crippen LogP contribution in [0.15, 0.2) is 18.2 Å². The largest absolute Gasteiger partial charge is 0.496 e. The Morgan fingerprint density at radius 2 is 2.04 bits per heavy atom. The first-order chi connectivity index (χ1) is 10.4. The number of aliphatic hydroxyl groups excluding tert-OH is 1. The number of rotatable bonds is 5. The van der Waals surface area contributed by atoms with Gasteiger partial charge >= 0.3 is 0 Å². The van der Waals surface area contributed by atoms with Crippen molar-refractivity contribution >= 4 is 22.2 Å². The minimum atomic E-state index is -3.18. The van der Waals surface area contributed by atoms with Gasteiger partial charge in [0, 0.05) is 12.0 Å². The molecule has 0 amide bonds. The third-order valence-corrected chi connectivity index (χ3v) is 6.03.